The third-order valence-electron chi connectivity index (χ3n) is 0.455. The van der Waals surface area contributed by atoms with Gasteiger partial charge in [0, 0.05) is 0 Å². The molecule has 0 unspecified atom stereocenters. The number of hydrogen-bond donors (Lipinski definition) is 0. The van der Waals surface area contributed by atoms with Crippen molar-refractivity contribution in [2.45, 2.75) is 0 Å². The van der Waals surface area contributed by atoms with E-state index in [2.05, 4.69) is 0 Å². The second kappa shape index (κ2) is 85.4. The molecule has 16 heavy (non-hydrogen) atoms. The van der Waals surface area contributed by atoms with Crippen molar-refractivity contribution in [2.24, 2.45) is 0 Å². The Labute approximate surface area is 150 Å². The maximum Gasteiger partial charge on any atom is 2.00 e. The average Bonchev–Trinajstić information content (AvgIpc) is 2.13. The predicted octanol–water partition coefficient (Wildman–Crippen LogP) is -5.10. The molecular weight excluding hydrogens is 273 g/mol. The maximum absolute atomic E-state index is 9.68. The number of thioether (sulfide) groups is 1. The summed E-state index contributed by atoms with van der Waals surface area (Å²) in [7, 11) is 1.50. The molecule has 0 aromatic heterocycles. The monoisotopic (exact) mass is 288 g/mol. The Hall–Kier alpha value is 2.41. The van der Waals surface area contributed by atoms with Crippen molar-refractivity contribution in [1.82, 2.24) is 0 Å². The van der Waals surface area contributed by atoms with Crippen LogP contribution in [0.1, 0.15) is 0 Å². The molecule has 0 rings (SSSR count). The molecule has 0 atom stereocenters. The molecule has 0 amide bonds. The molecule has 0 radical (unpaired) electrons. The van der Waals surface area contributed by atoms with Gasteiger partial charge in [0.25, 0.3) is 0 Å². The Morgan fingerprint density at radius 2 is 0.875 bits per heavy atom. The van der Waals surface area contributed by atoms with Crippen LogP contribution in [0.4, 0.5) is 0 Å². The molecule has 0 aliphatic rings. The number of rotatable bonds is 4. The van der Waals surface area contributed by atoms with Gasteiger partial charge in [-0.2, -0.15) is 26.0 Å². The molecule has 88 valence electrons. The normalized spacial score (nSPS) is 4.88. The minimum atomic E-state index is -0.0648. The van der Waals surface area contributed by atoms with Crippen molar-refractivity contribution >= 4 is 80.9 Å². The second-order valence-corrected chi connectivity index (χ2v) is 2.25. The Morgan fingerprint density at radius 3 is 1.00 bits per heavy atom. The van der Waals surface area contributed by atoms with E-state index in [0.717, 1.165) is 14.2 Å². The molecular formula is C6H16Mg3O6S. The first-order valence-corrected chi connectivity index (χ1v) is 4.13. The van der Waals surface area contributed by atoms with Gasteiger partial charge in [0.05, 0.1) is 0 Å². The smallest absolute Gasteiger partial charge is 0.870 e. The van der Waals surface area contributed by atoms with Crippen LogP contribution in [0, 0.1) is 0 Å². The zero-order valence-corrected chi connectivity index (χ0v) is 14.9. The molecule has 0 aliphatic carbocycles. The zero-order chi connectivity index (χ0) is 9.54. The van der Waals surface area contributed by atoms with Crippen LogP contribution in [0.15, 0.2) is 0 Å². The Bertz CT molecular complexity index is 47.4. The SMILES string of the molecule is C[O-].C[O-].[Mg+2].[Mg+2].[Mg+2].[O-]CCSCC[O-].[OH-].[OH-]. The van der Waals surface area contributed by atoms with E-state index in [4.69, 9.17) is 10.2 Å². The summed E-state index contributed by atoms with van der Waals surface area (Å²) in [6.45, 7) is -0.130. The van der Waals surface area contributed by atoms with Crippen LogP contribution in [-0.4, -0.2) is 119 Å². The number of hydrogen-bond acceptors (Lipinski definition) is 7. The topological polar surface area (TPSA) is 152 Å². The molecule has 0 fully saturated rings. The van der Waals surface area contributed by atoms with E-state index >= 15 is 0 Å². The quantitative estimate of drug-likeness (QED) is 0.370. The van der Waals surface area contributed by atoms with Crippen LogP contribution in [0.3, 0.4) is 0 Å². The van der Waals surface area contributed by atoms with Gasteiger partial charge in [-0.05, 0) is 11.5 Å². The van der Waals surface area contributed by atoms with E-state index in [1.165, 1.54) is 11.8 Å². The fourth-order valence-electron chi connectivity index (χ4n) is 0.220. The van der Waals surface area contributed by atoms with Gasteiger partial charge >= 0.3 is 69.2 Å². The molecule has 0 aromatic carbocycles. The molecule has 6 nitrogen and oxygen atoms in total. The van der Waals surface area contributed by atoms with Crippen LogP contribution in [-0.2, 0) is 0 Å². The second-order valence-electron chi connectivity index (χ2n) is 1.02. The fraction of sp³-hybridized carbons (Fsp3) is 1.00. The van der Waals surface area contributed by atoms with E-state index in [1.54, 1.807) is 0 Å². The van der Waals surface area contributed by atoms with Crippen molar-refractivity contribution < 1.29 is 31.4 Å². The molecule has 0 bridgehead atoms. The van der Waals surface area contributed by atoms with Crippen LogP contribution in [0.5, 0.6) is 0 Å². The molecule has 0 aromatic rings. The molecule has 10 heteroatoms. The van der Waals surface area contributed by atoms with Gasteiger partial charge < -0.3 is 31.4 Å². The van der Waals surface area contributed by atoms with Gasteiger partial charge in [-0.25, -0.2) is 0 Å². The third-order valence-corrected chi connectivity index (χ3v) is 1.37. The van der Waals surface area contributed by atoms with E-state index in [9.17, 15) is 10.2 Å². The molecule has 0 aliphatic heterocycles. The average molecular weight is 289 g/mol. The van der Waals surface area contributed by atoms with Crippen LogP contribution in [0.2, 0.25) is 0 Å². The molecule has 2 N–H and O–H groups in total. The third kappa shape index (κ3) is 94.9. The van der Waals surface area contributed by atoms with Crippen LogP contribution < -0.4 is 20.4 Å². The van der Waals surface area contributed by atoms with Gasteiger partial charge in [-0.1, -0.05) is 0 Å². The summed E-state index contributed by atoms with van der Waals surface area (Å²) in [5.41, 5.74) is 0. The summed E-state index contributed by atoms with van der Waals surface area (Å²) < 4.78 is 0. The first-order chi connectivity index (χ1) is 5.41. The summed E-state index contributed by atoms with van der Waals surface area (Å²) in [5, 5.41) is 35.9. The van der Waals surface area contributed by atoms with Gasteiger partial charge in [0.15, 0.2) is 0 Å². The van der Waals surface area contributed by atoms with E-state index in [1.807, 2.05) is 0 Å². The molecule has 0 heterocycles. The van der Waals surface area contributed by atoms with Crippen molar-refractivity contribution in [3.8, 4) is 0 Å². The van der Waals surface area contributed by atoms with Crippen molar-refractivity contribution in [3.63, 3.8) is 0 Å². The van der Waals surface area contributed by atoms with Gasteiger partial charge in [-0.15, -0.1) is 13.2 Å². The standard InChI is InChI=1S/C4H8O2S.2CH3O.3Mg.2H2O/c5-1-3-7-4-2-6;2*1-2;;;;;/h1-4H2;2*1H3;;;;2*1H2/q-2;2*-1;3*+2;;/p-2. The van der Waals surface area contributed by atoms with E-state index in [-0.39, 0.29) is 93.3 Å². The molecule has 0 spiro atoms. The summed E-state index contributed by atoms with van der Waals surface area (Å²) >= 11 is 1.43. The fourth-order valence-corrected chi connectivity index (χ4v) is 0.660. The minimum absolute atomic E-state index is 0. The van der Waals surface area contributed by atoms with Gasteiger partial charge in [0.1, 0.15) is 0 Å². The van der Waals surface area contributed by atoms with E-state index in [0.29, 0.717) is 11.5 Å². The first-order valence-electron chi connectivity index (χ1n) is 2.97. The maximum atomic E-state index is 9.68. The Morgan fingerprint density at radius 1 is 0.688 bits per heavy atom. The molecule has 0 saturated carbocycles. The van der Waals surface area contributed by atoms with Gasteiger partial charge in [0.2, 0.25) is 0 Å². The molecule has 0 saturated heterocycles. The van der Waals surface area contributed by atoms with Gasteiger partial charge in [-0.3, -0.25) is 0 Å². The summed E-state index contributed by atoms with van der Waals surface area (Å²) in [5.74, 6) is 1.17. The summed E-state index contributed by atoms with van der Waals surface area (Å²) in [6, 6.07) is 0. The van der Waals surface area contributed by atoms with Crippen molar-refractivity contribution in [2.75, 3.05) is 38.9 Å². The minimum Gasteiger partial charge on any atom is -0.870 e. The first kappa shape index (κ1) is 51.5. The summed E-state index contributed by atoms with van der Waals surface area (Å²) in [6.07, 6.45) is 0. The zero-order valence-electron chi connectivity index (χ0n) is 9.89. The predicted molar refractivity (Wildman–Crippen MR) is 60.0 cm³/mol. The van der Waals surface area contributed by atoms with Crippen LogP contribution in [0.25, 0.3) is 0 Å². The van der Waals surface area contributed by atoms with Crippen molar-refractivity contribution in [1.29, 1.82) is 0 Å². The van der Waals surface area contributed by atoms with E-state index < -0.39 is 0 Å². The largest absolute Gasteiger partial charge is 2.00 e. The van der Waals surface area contributed by atoms with Crippen LogP contribution >= 0.6 is 11.8 Å². The summed E-state index contributed by atoms with van der Waals surface area (Å²) in [4.78, 5) is 0. The Kier molecular flexibility index (Phi) is 275. The van der Waals surface area contributed by atoms with Crippen molar-refractivity contribution in [3.05, 3.63) is 0 Å². The Balaban J connectivity index is -0.0000000108.